The summed E-state index contributed by atoms with van der Waals surface area (Å²) in [5.41, 5.74) is -0.963. The van der Waals surface area contributed by atoms with Crippen LogP contribution in [0.1, 0.15) is 38.2 Å². The predicted octanol–water partition coefficient (Wildman–Crippen LogP) is 1.93. The molecule has 0 aliphatic heterocycles. The van der Waals surface area contributed by atoms with Gasteiger partial charge in [-0.15, -0.1) is 0 Å². The lowest BCUT2D eigenvalue weighted by Gasteiger charge is -2.30. The Kier molecular flexibility index (Phi) is 3.66. The Labute approximate surface area is 111 Å². The molecule has 5 nitrogen and oxygen atoms in total. The molecule has 1 saturated carbocycles. The van der Waals surface area contributed by atoms with Crippen molar-refractivity contribution >= 4 is 5.97 Å². The lowest BCUT2D eigenvalue weighted by atomic mass is 9.90. The van der Waals surface area contributed by atoms with E-state index in [0.717, 1.165) is 25.7 Å². The van der Waals surface area contributed by atoms with Gasteiger partial charge in [-0.2, -0.15) is 0 Å². The van der Waals surface area contributed by atoms with Gasteiger partial charge in [-0.05, 0) is 37.5 Å². The number of rotatable bonds is 4. The number of hydrogen-bond donors (Lipinski definition) is 4. The summed E-state index contributed by atoms with van der Waals surface area (Å²) in [5.74, 6) is -1.31. The second-order valence-electron chi connectivity index (χ2n) is 5.29. The number of carboxylic acid groups (broad SMARTS) is 1. The maximum atomic E-state index is 11.6. The van der Waals surface area contributed by atoms with E-state index < -0.39 is 11.5 Å². The third kappa shape index (κ3) is 2.81. The van der Waals surface area contributed by atoms with Crippen LogP contribution in [-0.2, 0) is 10.3 Å². The highest BCUT2D eigenvalue weighted by Gasteiger charge is 2.38. The minimum absolute atomic E-state index is 0.143. The molecule has 5 heteroatoms. The van der Waals surface area contributed by atoms with E-state index in [-0.39, 0.29) is 17.5 Å². The third-order valence-electron chi connectivity index (χ3n) is 3.76. The molecule has 0 aromatic heterocycles. The number of nitrogens with one attached hydrogen (secondary N) is 1. The smallest absolute Gasteiger partial charge is 0.328 e. The molecule has 4 N–H and O–H groups in total. The summed E-state index contributed by atoms with van der Waals surface area (Å²) < 4.78 is 0. The fraction of sp³-hybridized carbons (Fsp3) is 0.500. The summed E-state index contributed by atoms with van der Waals surface area (Å²) in [5, 5.41) is 31.7. The standard InChI is InChI=1S/C14H19NO4/c1-14(13(18)19,15-10-4-2-3-5-10)9-6-11(16)8-12(17)7-9/h6-8,10,15-17H,2-5H2,1H3,(H,18,19). The average molecular weight is 265 g/mol. The van der Waals surface area contributed by atoms with E-state index in [2.05, 4.69) is 5.32 Å². The van der Waals surface area contributed by atoms with E-state index in [9.17, 15) is 20.1 Å². The topological polar surface area (TPSA) is 89.8 Å². The molecule has 1 aromatic rings. The maximum Gasteiger partial charge on any atom is 0.328 e. The monoisotopic (exact) mass is 265 g/mol. The number of carbonyl (C=O) groups is 1. The first-order valence-electron chi connectivity index (χ1n) is 6.46. The van der Waals surface area contributed by atoms with Gasteiger partial charge in [0.05, 0.1) is 0 Å². The van der Waals surface area contributed by atoms with Gasteiger partial charge in [-0.25, -0.2) is 4.79 Å². The number of carboxylic acids is 1. The zero-order chi connectivity index (χ0) is 14.0. The van der Waals surface area contributed by atoms with E-state index in [0.29, 0.717) is 5.56 Å². The van der Waals surface area contributed by atoms with Gasteiger partial charge in [0.15, 0.2) is 0 Å². The Morgan fingerprint density at radius 1 is 1.21 bits per heavy atom. The summed E-state index contributed by atoms with van der Waals surface area (Å²) in [4.78, 5) is 11.6. The second kappa shape index (κ2) is 5.09. The van der Waals surface area contributed by atoms with Gasteiger partial charge in [0.2, 0.25) is 0 Å². The van der Waals surface area contributed by atoms with Crippen LogP contribution in [0.2, 0.25) is 0 Å². The molecule has 1 aromatic carbocycles. The molecular formula is C14H19NO4. The number of aromatic hydroxyl groups is 2. The largest absolute Gasteiger partial charge is 0.508 e. The summed E-state index contributed by atoms with van der Waals surface area (Å²) in [6.07, 6.45) is 4.10. The molecule has 0 radical (unpaired) electrons. The van der Waals surface area contributed by atoms with Crippen molar-refractivity contribution in [3.05, 3.63) is 23.8 Å². The van der Waals surface area contributed by atoms with Gasteiger partial charge >= 0.3 is 5.97 Å². The number of benzene rings is 1. The quantitative estimate of drug-likeness (QED) is 0.668. The van der Waals surface area contributed by atoms with Gasteiger partial charge in [-0.1, -0.05) is 12.8 Å². The highest BCUT2D eigenvalue weighted by molar-refractivity contribution is 5.80. The van der Waals surface area contributed by atoms with Crippen molar-refractivity contribution in [1.29, 1.82) is 0 Å². The molecule has 0 spiro atoms. The van der Waals surface area contributed by atoms with Crippen LogP contribution in [0.15, 0.2) is 18.2 Å². The van der Waals surface area contributed by atoms with Gasteiger partial charge < -0.3 is 15.3 Å². The Balaban J connectivity index is 2.34. The van der Waals surface area contributed by atoms with Crippen LogP contribution in [0.3, 0.4) is 0 Å². The fourth-order valence-electron chi connectivity index (χ4n) is 2.63. The van der Waals surface area contributed by atoms with E-state index in [1.54, 1.807) is 6.92 Å². The first-order valence-corrected chi connectivity index (χ1v) is 6.46. The highest BCUT2D eigenvalue weighted by Crippen LogP contribution is 2.31. The molecule has 0 amide bonds. The van der Waals surface area contributed by atoms with Crippen LogP contribution < -0.4 is 5.32 Å². The predicted molar refractivity (Wildman–Crippen MR) is 70.2 cm³/mol. The van der Waals surface area contributed by atoms with E-state index >= 15 is 0 Å². The highest BCUT2D eigenvalue weighted by atomic mass is 16.4. The van der Waals surface area contributed by atoms with Crippen molar-refractivity contribution in [3.63, 3.8) is 0 Å². The van der Waals surface area contributed by atoms with E-state index in [4.69, 9.17) is 0 Å². The van der Waals surface area contributed by atoms with Gasteiger partial charge in [0.1, 0.15) is 17.0 Å². The van der Waals surface area contributed by atoms with E-state index in [1.165, 1.54) is 18.2 Å². The minimum Gasteiger partial charge on any atom is -0.508 e. The number of phenolic OH excluding ortho intramolecular Hbond substituents is 2. The van der Waals surface area contributed by atoms with Crippen LogP contribution in [0.4, 0.5) is 0 Å². The van der Waals surface area contributed by atoms with Gasteiger partial charge in [0, 0.05) is 12.1 Å². The van der Waals surface area contributed by atoms with Crippen LogP contribution in [0.5, 0.6) is 11.5 Å². The van der Waals surface area contributed by atoms with Crippen LogP contribution in [-0.4, -0.2) is 27.3 Å². The van der Waals surface area contributed by atoms with Gasteiger partial charge in [0.25, 0.3) is 0 Å². The number of aliphatic carboxylic acids is 1. The first-order chi connectivity index (χ1) is 8.91. The van der Waals surface area contributed by atoms with Crippen LogP contribution in [0, 0.1) is 0 Å². The molecule has 0 saturated heterocycles. The molecule has 1 atom stereocenters. The molecule has 1 aliphatic carbocycles. The Morgan fingerprint density at radius 3 is 2.21 bits per heavy atom. The average Bonchev–Trinajstić information content (AvgIpc) is 2.79. The third-order valence-corrected chi connectivity index (χ3v) is 3.76. The molecule has 19 heavy (non-hydrogen) atoms. The Morgan fingerprint density at radius 2 is 1.74 bits per heavy atom. The van der Waals surface area contributed by atoms with E-state index in [1.807, 2.05) is 0 Å². The van der Waals surface area contributed by atoms with Gasteiger partial charge in [-0.3, -0.25) is 5.32 Å². The van der Waals surface area contributed by atoms with Crippen molar-refractivity contribution in [1.82, 2.24) is 5.32 Å². The fourth-order valence-corrected chi connectivity index (χ4v) is 2.63. The second-order valence-corrected chi connectivity index (χ2v) is 5.29. The molecule has 2 rings (SSSR count). The van der Waals surface area contributed by atoms with Crippen molar-refractivity contribution in [2.75, 3.05) is 0 Å². The summed E-state index contributed by atoms with van der Waals surface area (Å²) >= 11 is 0. The van der Waals surface area contributed by atoms with Crippen LogP contribution in [0.25, 0.3) is 0 Å². The van der Waals surface area contributed by atoms with Crippen LogP contribution >= 0.6 is 0 Å². The molecule has 1 fully saturated rings. The lowest BCUT2D eigenvalue weighted by Crippen LogP contribution is -2.50. The maximum absolute atomic E-state index is 11.6. The zero-order valence-electron chi connectivity index (χ0n) is 10.9. The summed E-state index contributed by atoms with van der Waals surface area (Å²) in [7, 11) is 0. The SMILES string of the molecule is CC(NC1CCCC1)(C(=O)O)c1cc(O)cc(O)c1. The normalized spacial score (nSPS) is 19.2. The molecule has 0 heterocycles. The first kappa shape index (κ1) is 13.7. The van der Waals surface area contributed by atoms with Crippen molar-refractivity contribution in [2.45, 2.75) is 44.2 Å². The summed E-state index contributed by atoms with van der Waals surface area (Å²) in [6.45, 7) is 1.56. The number of hydrogen-bond acceptors (Lipinski definition) is 4. The van der Waals surface area contributed by atoms with Crippen molar-refractivity contribution < 1.29 is 20.1 Å². The zero-order valence-corrected chi connectivity index (χ0v) is 10.9. The lowest BCUT2D eigenvalue weighted by molar-refractivity contribution is -0.145. The Hall–Kier alpha value is -1.75. The number of phenols is 2. The van der Waals surface area contributed by atoms with Crippen molar-refractivity contribution in [2.24, 2.45) is 0 Å². The molecule has 1 unspecified atom stereocenters. The minimum atomic E-state index is -1.31. The molecule has 1 aliphatic rings. The molecule has 0 bridgehead atoms. The Bertz CT molecular complexity index is 462. The summed E-state index contributed by atoms with van der Waals surface area (Å²) in [6, 6.07) is 4.08. The van der Waals surface area contributed by atoms with Crippen molar-refractivity contribution in [3.8, 4) is 11.5 Å². The molecular weight excluding hydrogens is 246 g/mol. The molecule has 104 valence electrons.